The first-order chi connectivity index (χ1) is 13.3. The Balaban J connectivity index is 1.87. The highest BCUT2D eigenvalue weighted by atomic mass is 19.4. The number of amides is 1. The highest BCUT2D eigenvalue weighted by molar-refractivity contribution is 5.96. The number of rotatable bonds is 4. The molecule has 0 atom stereocenters. The quantitative estimate of drug-likeness (QED) is 0.845. The van der Waals surface area contributed by atoms with Crippen LogP contribution in [-0.4, -0.2) is 41.0 Å². The lowest BCUT2D eigenvalue weighted by Crippen LogP contribution is -2.38. The number of hydrogen-bond donors (Lipinski definition) is 1. The van der Waals surface area contributed by atoms with E-state index in [1.54, 1.807) is 4.90 Å². The van der Waals surface area contributed by atoms with Gasteiger partial charge in [0, 0.05) is 18.8 Å². The fraction of sp³-hybridized carbons (Fsp3) is 0.421. The van der Waals surface area contributed by atoms with E-state index >= 15 is 0 Å². The maximum absolute atomic E-state index is 12.9. The first kappa shape index (κ1) is 19.9. The Labute approximate surface area is 160 Å². The summed E-state index contributed by atoms with van der Waals surface area (Å²) in [5, 5.41) is 2.79. The monoisotopic (exact) mass is 394 g/mol. The predicted octanol–water partition coefficient (Wildman–Crippen LogP) is 4.12. The van der Waals surface area contributed by atoms with Gasteiger partial charge in [-0.05, 0) is 37.0 Å². The number of halogens is 3. The number of benzene rings is 1. The smallest absolute Gasteiger partial charge is 0.416 e. The van der Waals surface area contributed by atoms with E-state index in [0.29, 0.717) is 19.0 Å². The number of nitrogens with zero attached hydrogens (tertiary/aromatic N) is 3. The molecule has 1 aliphatic heterocycles. The van der Waals surface area contributed by atoms with E-state index in [0.717, 1.165) is 25.0 Å². The molecule has 0 saturated carbocycles. The van der Waals surface area contributed by atoms with Crippen LogP contribution in [0.3, 0.4) is 0 Å². The molecule has 28 heavy (non-hydrogen) atoms. The molecule has 1 N–H and O–H groups in total. The van der Waals surface area contributed by atoms with Crippen LogP contribution >= 0.6 is 0 Å². The standard InChI is InChI=1S/C19H21F3N4O2/c1-12-6-8-26(9-7-12)18(27)15-16(28-2)17(24-11-23-15)25-14-5-3-4-13(10-14)19(20,21)22/h3-5,10-12H,6-9H2,1-2H3,(H,23,24,25). The average Bonchev–Trinajstić information content (AvgIpc) is 2.67. The maximum Gasteiger partial charge on any atom is 0.416 e. The van der Waals surface area contributed by atoms with Gasteiger partial charge in [-0.3, -0.25) is 4.79 Å². The van der Waals surface area contributed by atoms with Crippen molar-refractivity contribution in [2.75, 3.05) is 25.5 Å². The number of hydrogen-bond acceptors (Lipinski definition) is 5. The molecule has 1 amide bonds. The van der Waals surface area contributed by atoms with E-state index in [1.165, 1.54) is 25.6 Å². The van der Waals surface area contributed by atoms with Crippen LogP contribution in [0.15, 0.2) is 30.6 Å². The first-order valence-electron chi connectivity index (χ1n) is 8.92. The van der Waals surface area contributed by atoms with E-state index in [-0.39, 0.29) is 28.9 Å². The largest absolute Gasteiger partial charge is 0.491 e. The third kappa shape index (κ3) is 4.35. The van der Waals surface area contributed by atoms with Crippen LogP contribution in [0.25, 0.3) is 0 Å². The van der Waals surface area contributed by atoms with Crippen LogP contribution in [0.1, 0.15) is 35.8 Å². The SMILES string of the molecule is COc1c(Nc2cccc(C(F)(F)F)c2)ncnc1C(=O)N1CCC(C)CC1. The van der Waals surface area contributed by atoms with Gasteiger partial charge >= 0.3 is 6.18 Å². The zero-order chi connectivity index (χ0) is 20.3. The first-order valence-corrected chi connectivity index (χ1v) is 8.92. The number of nitrogens with one attached hydrogen (secondary N) is 1. The van der Waals surface area contributed by atoms with Gasteiger partial charge in [0.2, 0.25) is 0 Å². The number of carbonyl (C=O) groups is 1. The molecular formula is C19H21F3N4O2. The van der Waals surface area contributed by atoms with Gasteiger partial charge in [0.05, 0.1) is 12.7 Å². The number of piperidine rings is 1. The number of likely N-dealkylation sites (tertiary alicyclic amines) is 1. The molecule has 1 aliphatic rings. The molecule has 3 rings (SSSR count). The molecule has 1 aromatic heterocycles. The fourth-order valence-corrected chi connectivity index (χ4v) is 3.08. The summed E-state index contributed by atoms with van der Waals surface area (Å²) in [7, 11) is 1.37. The molecule has 1 fully saturated rings. The van der Waals surface area contributed by atoms with Gasteiger partial charge in [-0.25, -0.2) is 9.97 Å². The minimum absolute atomic E-state index is 0.0847. The summed E-state index contributed by atoms with van der Waals surface area (Å²) in [6.07, 6.45) is -1.44. The fourth-order valence-electron chi connectivity index (χ4n) is 3.08. The number of anilines is 2. The normalized spacial score (nSPS) is 15.4. The summed E-state index contributed by atoms with van der Waals surface area (Å²) < 4.78 is 44.1. The minimum Gasteiger partial charge on any atom is -0.491 e. The second-order valence-corrected chi connectivity index (χ2v) is 6.78. The van der Waals surface area contributed by atoms with Gasteiger partial charge in [-0.15, -0.1) is 0 Å². The van der Waals surface area contributed by atoms with Crippen molar-refractivity contribution in [3.05, 3.63) is 41.9 Å². The van der Waals surface area contributed by atoms with Crippen LogP contribution in [0.2, 0.25) is 0 Å². The molecule has 2 aromatic rings. The average molecular weight is 394 g/mol. The third-order valence-corrected chi connectivity index (χ3v) is 4.73. The van der Waals surface area contributed by atoms with E-state index in [2.05, 4.69) is 22.2 Å². The Morgan fingerprint density at radius 3 is 2.61 bits per heavy atom. The van der Waals surface area contributed by atoms with E-state index < -0.39 is 11.7 Å². The van der Waals surface area contributed by atoms with Crippen LogP contribution in [0, 0.1) is 5.92 Å². The number of alkyl halides is 3. The Hall–Kier alpha value is -2.84. The van der Waals surface area contributed by atoms with Gasteiger partial charge in [0.1, 0.15) is 6.33 Å². The van der Waals surface area contributed by atoms with Crippen molar-refractivity contribution in [1.29, 1.82) is 0 Å². The molecule has 6 nitrogen and oxygen atoms in total. The van der Waals surface area contributed by atoms with Crippen LogP contribution in [0.4, 0.5) is 24.7 Å². The van der Waals surface area contributed by atoms with Crippen molar-refractivity contribution in [2.45, 2.75) is 25.9 Å². The minimum atomic E-state index is -4.46. The number of carbonyl (C=O) groups excluding carboxylic acids is 1. The highest BCUT2D eigenvalue weighted by Crippen LogP contribution is 2.33. The lowest BCUT2D eigenvalue weighted by molar-refractivity contribution is -0.137. The Bertz CT molecular complexity index is 849. The number of ether oxygens (including phenoxy) is 1. The van der Waals surface area contributed by atoms with Crippen LogP contribution in [0.5, 0.6) is 5.75 Å². The molecule has 0 aliphatic carbocycles. The zero-order valence-corrected chi connectivity index (χ0v) is 15.6. The lowest BCUT2D eigenvalue weighted by atomic mass is 9.99. The Morgan fingerprint density at radius 2 is 1.96 bits per heavy atom. The Kier molecular flexibility index (Phi) is 5.71. The van der Waals surface area contributed by atoms with Crippen LogP contribution < -0.4 is 10.1 Å². The predicted molar refractivity (Wildman–Crippen MR) is 97.6 cm³/mol. The molecule has 150 valence electrons. The molecular weight excluding hydrogens is 373 g/mol. The van der Waals surface area contributed by atoms with Crippen molar-refractivity contribution in [1.82, 2.24) is 14.9 Å². The summed E-state index contributed by atoms with van der Waals surface area (Å²) >= 11 is 0. The van der Waals surface area contributed by atoms with Crippen molar-refractivity contribution >= 4 is 17.4 Å². The summed E-state index contributed by atoms with van der Waals surface area (Å²) in [6.45, 7) is 3.40. The van der Waals surface area contributed by atoms with Crippen molar-refractivity contribution in [3.63, 3.8) is 0 Å². The van der Waals surface area contributed by atoms with E-state index in [4.69, 9.17) is 4.74 Å². The molecule has 1 saturated heterocycles. The highest BCUT2D eigenvalue weighted by Gasteiger charge is 2.31. The van der Waals surface area contributed by atoms with Gasteiger partial charge in [0.15, 0.2) is 17.3 Å². The molecule has 2 heterocycles. The van der Waals surface area contributed by atoms with Crippen molar-refractivity contribution < 1.29 is 22.7 Å². The molecule has 0 bridgehead atoms. The van der Waals surface area contributed by atoms with Gasteiger partial charge in [-0.1, -0.05) is 13.0 Å². The van der Waals surface area contributed by atoms with Gasteiger partial charge in [-0.2, -0.15) is 13.2 Å². The second-order valence-electron chi connectivity index (χ2n) is 6.78. The molecule has 1 aromatic carbocycles. The number of methoxy groups -OCH3 is 1. The molecule has 0 spiro atoms. The molecule has 0 unspecified atom stereocenters. The topological polar surface area (TPSA) is 67.3 Å². The van der Waals surface area contributed by atoms with E-state index in [1.807, 2.05) is 0 Å². The zero-order valence-electron chi connectivity index (χ0n) is 15.6. The summed E-state index contributed by atoms with van der Waals surface area (Å²) in [5.74, 6) is 0.516. The maximum atomic E-state index is 12.9. The summed E-state index contributed by atoms with van der Waals surface area (Å²) in [6, 6.07) is 4.72. The van der Waals surface area contributed by atoms with Crippen molar-refractivity contribution in [3.8, 4) is 5.75 Å². The van der Waals surface area contributed by atoms with Crippen molar-refractivity contribution in [2.24, 2.45) is 5.92 Å². The lowest BCUT2D eigenvalue weighted by Gasteiger charge is -2.30. The van der Waals surface area contributed by atoms with Gasteiger partial charge in [0.25, 0.3) is 5.91 Å². The summed E-state index contributed by atoms with van der Waals surface area (Å²) in [5.41, 5.74) is -0.525. The third-order valence-electron chi connectivity index (χ3n) is 4.73. The van der Waals surface area contributed by atoms with E-state index in [9.17, 15) is 18.0 Å². The summed E-state index contributed by atoms with van der Waals surface area (Å²) in [4.78, 5) is 22.7. The molecule has 9 heteroatoms. The number of aromatic nitrogens is 2. The molecule has 0 radical (unpaired) electrons. The van der Waals surface area contributed by atoms with Gasteiger partial charge < -0.3 is 15.0 Å². The second kappa shape index (κ2) is 8.04. The van der Waals surface area contributed by atoms with Crippen LogP contribution in [-0.2, 0) is 6.18 Å². The Morgan fingerprint density at radius 1 is 1.25 bits per heavy atom.